The summed E-state index contributed by atoms with van der Waals surface area (Å²) in [7, 11) is 2.13. The van der Waals surface area contributed by atoms with Gasteiger partial charge in [-0.15, -0.1) is 0 Å². The summed E-state index contributed by atoms with van der Waals surface area (Å²) in [5.74, 6) is 0. The van der Waals surface area contributed by atoms with E-state index in [0.29, 0.717) is 0 Å². The lowest BCUT2D eigenvalue weighted by Crippen LogP contribution is -2.00. The van der Waals surface area contributed by atoms with E-state index in [-0.39, 0.29) is 0 Å². The zero-order valence-corrected chi connectivity index (χ0v) is 10.7. The van der Waals surface area contributed by atoms with Gasteiger partial charge in [0.05, 0.1) is 0 Å². The number of para-hydroxylation sites is 1. The molecule has 3 rings (SSSR count). The van der Waals surface area contributed by atoms with Crippen LogP contribution in [0.15, 0.2) is 42.5 Å². The van der Waals surface area contributed by atoms with E-state index in [1.54, 1.807) is 0 Å². The second-order valence-electron chi connectivity index (χ2n) is 4.82. The summed E-state index contributed by atoms with van der Waals surface area (Å²) in [6.07, 6.45) is 2.12. The fourth-order valence-electron chi connectivity index (χ4n) is 2.68. The monoisotopic (exact) mass is 238 g/mol. The van der Waals surface area contributed by atoms with Gasteiger partial charge in [-0.05, 0) is 43.1 Å². The average Bonchev–Trinajstić information content (AvgIpc) is 2.71. The van der Waals surface area contributed by atoms with Crippen molar-refractivity contribution in [3.05, 3.63) is 48.0 Å². The van der Waals surface area contributed by atoms with Gasteiger partial charge in [-0.3, -0.25) is 0 Å². The summed E-state index contributed by atoms with van der Waals surface area (Å²) in [5.41, 5.74) is 9.55. The van der Waals surface area contributed by atoms with Crippen LogP contribution in [0.2, 0.25) is 0 Å². The number of aromatic nitrogens is 1. The van der Waals surface area contributed by atoms with Crippen molar-refractivity contribution in [3.8, 4) is 0 Å². The Kier molecular flexibility index (Phi) is 2.80. The van der Waals surface area contributed by atoms with Crippen LogP contribution in [-0.4, -0.2) is 11.1 Å². The molecule has 0 aliphatic carbocycles. The number of benzene rings is 2. The molecule has 0 fully saturated rings. The maximum absolute atomic E-state index is 5.58. The maximum Gasteiger partial charge on any atom is 0.0488 e. The summed E-state index contributed by atoms with van der Waals surface area (Å²) >= 11 is 0. The van der Waals surface area contributed by atoms with Crippen LogP contribution in [0, 0.1) is 0 Å². The van der Waals surface area contributed by atoms with Gasteiger partial charge in [0.15, 0.2) is 0 Å². The number of aryl methyl sites for hydroxylation is 2. The molecule has 2 aromatic carbocycles. The van der Waals surface area contributed by atoms with Gasteiger partial charge in [0, 0.05) is 28.9 Å². The molecule has 0 amide bonds. The van der Waals surface area contributed by atoms with Crippen molar-refractivity contribution in [2.75, 3.05) is 6.54 Å². The molecule has 92 valence electrons. The quantitative estimate of drug-likeness (QED) is 0.746. The molecule has 0 aliphatic rings. The molecule has 2 N–H and O–H groups in total. The first kappa shape index (κ1) is 11.3. The van der Waals surface area contributed by atoms with E-state index in [2.05, 4.69) is 54.1 Å². The Balaban J connectivity index is 2.23. The van der Waals surface area contributed by atoms with Crippen molar-refractivity contribution >= 4 is 21.8 Å². The normalized spacial score (nSPS) is 11.4. The predicted molar refractivity (Wildman–Crippen MR) is 77.8 cm³/mol. The van der Waals surface area contributed by atoms with E-state index in [9.17, 15) is 0 Å². The molecule has 1 heterocycles. The summed E-state index contributed by atoms with van der Waals surface area (Å²) in [4.78, 5) is 0. The van der Waals surface area contributed by atoms with E-state index in [1.165, 1.54) is 27.4 Å². The number of hydrogen-bond acceptors (Lipinski definition) is 1. The highest BCUT2D eigenvalue weighted by molar-refractivity contribution is 6.08. The molecule has 1 aromatic heterocycles. The molecule has 18 heavy (non-hydrogen) atoms. The third kappa shape index (κ3) is 1.70. The molecule has 0 radical (unpaired) electrons. The molecular weight excluding hydrogens is 220 g/mol. The van der Waals surface area contributed by atoms with Crippen LogP contribution in [0.25, 0.3) is 21.8 Å². The lowest BCUT2D eigenvalue weighted by atomic mass is 10.1. The Morgan fingerprint density at radius 3 is 2.61 bits per heavy atom. The minimum absolute atomic E-state index is 0.758. The van der Waals surface area contributed by atoms with Gasteiger partial charge in [0.1, 0.15) is 0 Å². The van der Waals surface area contributed by atoms with Gasteiger partial charge in [-0.2, -0.15) is 0 Å². The predicted octanol–water partition coefficient (Wildman–Crippen LogP) is 3.22. The topological polar surface area (TPSA) is 30.9 Å². The zero-order valence-electron chi connectivity index (χ0n) is 10.7. The number of nitrogens with zero attached hydrogens (tertiary/aromatic N) is 1. The van der Waals surface area contributed by atoms with Crippen LogP contribution >= 0.6 is 0 Å². The third-order valence-electron chi connectivity index (χ3n) is 3.65. The summed E-state index contributed by atoms with van der Waals surface area (Å²) in [6.45, 7) is 0.758. The molecule has 0 spiro atoms. The molecule has 0 bridgehead atoms. The van der Waals surface area contributed by atoms with E-state index < -0.39 is 0 Å². The fraction of sp³-hybridized carbons (Fsp3) is 0.250. The van der Waals surface area contributed by atoms with Crippen molar-refractivity contribution in [1.82, 2.24) is 4.57 Å². The van der Waals surface area contributed by atoms with E-state index in [1.807, 2.05) is 0 Å². The Labute approximate surface area is 107 Å². The van der Waals surface area contributed by atoms with Crippen molar-refractivity contribution in [2.45, 2.75) is 12.8 Å². The van der Waals surface area contributed by atoms with Crippen LogP contribution in [-0.2, 0) is 13.5 Å². The fourth-order valence-corrected chi connectivity index (χ4v) is 2.68. The standard InChI is InChI=1S/C16H18N2/c1-18-15-7-3-2-6-13(15)14-11-12(5-4-10-17)8-9-16(14)18/h2-3,6-9,11H,4-5,10,17H2,1H3. The lowest BCUT2D eigenvalue weighted by Gasteiger charge is -2.01. The van der Waals surface area contributed by atoms with Gasteiger partial charge >= 0.3 is 0 Å². The molecule has 0 saturated carbocycles. The molecule has 3 aromatic rings. The highest BCUT2D eigenvalue weighted by Crippen LogP contribution is 2.28. The van der Waals surface area contributed by atoms with Gasteiger partial charge in [-0.1, -0.05) is 24.3 Å². The van der Waals surface area contributed by atoms with Gasteiger partial charge < -0.3 is 10.3 Å². The highest BCUT2D eigenvalue weighted by Gasteiger charge is 2.07. The minimum Gasteiger partial charge on any atom is -0.344 e. The molecule has 0 unspecified atom stereocenters. The Hall–Kier alpha value is -1.80. The first-order valence-corrected chi connectivity index (χ1v) is 6.47. The first-order valence-electron chi connectivity index (χ1n) is 6.47. The number of fused-ring (bicyclic) bond motifs is 3. The summed E-state index contributed by atoms with van der Waals surface area (Å²) in [5, 5.41) is 2.69. The zero-order chi connectivity index (χ0) is 12.5. The number of hydrogen-bond donors (Lipinski definition) is 1. The average molecular weight is 238 g/mol. The van der Waals surface area contributed by atoms with Gasteiger partial charge in [0.25, 0.3) is 0 Å². The molecule has 0 atom stereocenters. The van der Waals surface area contributed by atoms with E-state index >= 15 is 0 Å². The SMILES string of the molecule is Cn1c2ccccc2c2cc(CCCN)ccc21. The molecule has 2 heteroatoms. The summed E-state index contributed by atoms with van der Waals surface area (Å²) < 4.78 is 2.26. The number of nitrogens with two attached hydrogens (primary N) is 1. The van der Waals surface area contributed by atoms with Crippen LogP contribution in [0.1, 0.15) is 12.0 Å². The third-order valence-corrected chi connectivity index (χ3v) is 3.65. The van der Waals surface area contributed by atoms with E-state index in [4.69, 9.17) is 5.73 Å². The smallest absolute Gasteiger partial charge is 0.0488 e. The molecule has 2 nitrogen and oxygen atoms in total. The highest BCUT2D eigenvalue weighted by atomic mass is 14.9. The first-order chi connectivity index (χ1) is 8.81. The molecule has 0 aliphatic heterocycles. The Morgan fingerprint density at radius 1 is 1.00 bits per heavy atom. The van der Waals surface area contributed by atoms with Crippen molar-refractivity contribution < 1.29 is 0 Å². The van der Waals surface area contributed by atoms with Crippen molar-refractivity contribution in [3.63, 3.8) is 0 Å². The van der Waals surface area contributed by atoms with Crippen molar-refractivity contribution in [2.24, 2.45) is 12.8 Å². The van der Waals surface area contributed by atoms with Gasteiger partial charge in [0.2, 0.25) is 0 Å². The Morgan fingerprint density at radius 2 is 1.78 bits per heavy atom. The van der Waals surface area contributed by atoms with Crippen LogP contribution in [0.3, 0.4) is 0 Å². The molecule has 0 saturated heterocycles. The Bertz CT molecular complexity index is 695. The second-order valence-corrected chi connectivity index (χ2v) is 4.82. The summed E-state index contributed by atoms with van der Waals surface area (Å²) in [6, 6.07) is 15.3. The maximum atomic E-state index is 5.58. The molecular formula is C16H18N2. The van der Waals surface area contributed by atoms with Crippen LogP contribution in [0.5, 0.6) is 0 Å². The second kappa shape index (κ2) is 4.46. The van der Waals surface area contributed by atoms with Crippen molar-refractivity contribution in [1.29, 1.82) is 0 Å². The van der Waals surface area contributed by atoms with E-state index in [0.717, 1.165) is 19.4 Å². The lowest BCUT2D eigenvalue weighted by molar-refractivity contribution is 0.833. The largest absolute Gasteiger partial charge is 0.344 e. The van der Waals surface area contributed by atoms with Gasteiger partial charge in [-0.25, -0.2) is 0 Å². The number of rotatable bonds is 3. The van der Waals surface area contributed by atoms with Crippen LogP contribution < -0.4 is 5.73 Å². The minimum atomic E-state index is 0.758. The van der Waals surface area contributed by atoms with Crippen LogP contribution in [0.4, 0.5) is 0 Å².